The summed E-state index contributed by atoms with van der Waals surface area (Å²) in [7, 11) is 0. The molecule has 1 aromatic carbocycles. The average molecular weight is 313 g/mol. The third-order valence-corrected chi connectivity index (χ3v) is 4.00. The van der Waals surface area contributed by atoms with Crippen molar-refractivity contribution in [2.75, 3.05) is 5.32 Å². The van der Waals surface area contributed by atoms with Crippen LogP contribution in [0.5, 0.6) is 0 Å². The van der Waals surface area contributed by atoms with E-state index in [1.807, 2.05) is 0 Å². The summed E-state index contributed by atoms with van der Waals surface area (Å²) in [4.78, 5) is 23.2. The van der Waals surface area contributed by atoms with Crippen LogP contribution in [0, 0.1) is 11.8 Å². The molecular formula is C14H12Cl2NO3-. The number of hydrogen-bond acceptors (Lipinski definition) is 3. The first-order valence-electron chi connectivity index (χ1n) is 6.11. The van der Waals surface area contributed by atoms with Crippen LogP contribution in [0.15, 0.2) is 30.4 Å². The monoisotopic (exact) mass is 312 g/mol. The van der Waals surface area contributed by atoms with Crippen molar-refractivity contribution in [3.63, 3.8) is 0 Å². The second-order valence-electron chi connectivity index (χ2n) is 4.59. The van der Waals surface area contributed by atoms with E-state index in [1.165, 1.54) is 6.07 Å². The van der Waals surface area contributed by atoms with E-state index in [0.29, 0.717) is 28.6 Å². The molecule has 106 valence electrons. The molecule has 1 aliphatic carbocycles. The number of allylic oxidation sites excluding steroid dienone is 2. The second kappa shape index (κ2) is 6.29. The van der Waals surface area contributed by atoms with E-state index >= 15 is 0 Å². The Labute approximate surface area is 126 Å². The highest BCUT2D eigenvalue weighted by molar-refractivity contribution is 6.42. The van der Waals surface area contributed by atoms with Gasteiger partial charge in [0.05, 0.1) is 16.0 Å². The van der Waals surface area contributed by atoms with Gasteiger partial charge < -0.3 is 15.2 Å². The molecule has 2 rings (SSSR count). The molecule has 0 bridgehead atoms. The van der Waals surface area contributed by atoms with E-state index in [2.05, 4.69) is 5.32 Å². The van der Waals surface area contributed by atoms with Crippen LogP contribution in [0.1, 0.15) is 12.8 Å². The van der Waals surface area contributed by atoms with Gasteiger partial charge in [0.2, 0.25) is 5.91 Å². The summed E-state index contributed by atoms with van der Waals surface area (Å²) in [5.74, 6) is -3.01. The van der Waals surface area contributed by atoms with Gasteiger partial charge in [0.15, 0.2) is 0 Å². The molecule has 0 aliphatic heterocycles. The number of carboxylic acid groups (broad SMARTS) is 1. The van der Waals surface area contributed by atoms with Crippen LogP contribution >= 0.6 is 23.2 Å². The first kappa shape index (κ1) is 14.9. The van der Waals surface area contributed by atoms with Crippen molar-refractivity contribution in [3.8, 4) is 0 Å². The van der Waals surface area contributed by atoms with Gasteiger partial charge in [0.1, 0.15) is 0 Å². The molecule has 6 heteroatoms. The number of nitrogens with one attached hydrogen (secondary N) is 1. The summed E-state index contributed by atoms with van der Waals surface area (Å²) in [6.07, 6.45) is 4.25. The predicted molar refractivity (Wildman–Crippen MR) is 75.5 cm³/mol. The lowest BCUT2D eigenvalue weighted by Gasteiger charge is -2.28. The van der Waals surface area contributed by atoms with Gasteiger partial charge in [-0.2, -0.15) is 0 Å². The Morgan fingerprint density at radius 1 is 1.10 bits per heavy atom. The maximum Gasteiger partial charge on any atom is 0.228 e. The molecule has 0 fully saturated rings. The summed E-state index contributed by atoms with van der Waals surface area (Å²) in [5, 5.41) is 14.4. The molecule has 1 aliphatic rings. The quantitative estimate of drug-likeness (QED) is 0.870. The number of carbonyl (C=O) groups excluding carboxylic acids is 2. The van der Waals surface area contributed by atoms with Crippen LogP contribution in [0.25, 0.3) is 0 Å². The number of benzene rings is 1. The predicted octanol–water partition coefficient (Wildman–Crippen LogP) is 2.26. The number of amides is 1. The minimum Gasteiger partial charge on any atom is -0.550 e. The smallest absolute Gasteiger partial charge is 0.228 e. The Balaban J connectivity index is 2.12. The normalized spacial score (nSPS) is 21.5. The lowest BCUT2D eigenvalue weighted by molar-refractivity contribution is -0.313. The standard InChI is InChI=1S/C14H13Cl2NO3/c15-11-6-5-8(7-12(11)16)17-13(18)9-3-1-2-4-10(9)14(19)20/h1-2,5-7,9-10H,3-4H2,(H,17,18)(H,19,20)/p-1/t9-,10+/m1/s1. The van der Waals surface area contributed by atoms with E-state index in [-0.39, 0.29) is 5.91 Å². The van der Waals surface area contributed by atoms with Crippen molar-refractivity contribution >= 4 is 40.8 Å². The fraction of sp³-hybridized carbons (Fsp3) is 0.286. The van der Waals surface area contributed by atoms with Gasteiger partial charge in [-0.25, -0.2) is 0 Å². The van der Waals surface area contributed by atoms with E-state index in [9.17, 15) is 14.7 Å². The number of rotatable bonds is 3. The summed E-state index contributed by atoms with van der Waals surface area (Å²) >= 11 is 11.7. The van der Waals surface area contributed by atoms with Crippen molar-refractivity contribution in [1.29, 1.82) is 0 Å². The van der Waals surface area contributed by atoms with Gasteiger partial charge in [-0.05, 0) is 31.0 Å². The van der Waals surface area contributed by atoms with Gasteiger partial charge in [0.25, 0.3) is 0 Å². The lowest BCUT2D eigenvalue weighted by Crippen LogP contribution is -2.41. The Bertz CT molecular complexity index is 572. The highest BCUT2D eigenvalue weighted by Gasteiger charge is 2.29. The van der Waals surface area contributed by atoms with Crippen LogP contribution in [0.4, 0.5) is 5.69 Å². The number of aliphatic carboxylic acids is 1. The number of carboxylic acids is 1. The van der Waals surface area contributed by atoms with Gasteiger partial charge >= 0.3 is 0 Å². The zero-order valence-electron chi connectivity index (χ0n) is 10.4. The molecule has 0 saturated carbocycles. The maximum atomic E-state index is 12.2. The third kappa shape index (κ3) is 3.32. The molecule has 0 spiro atoms. The number of anilines is 1. The Morgan fingerprint density at radius 2 is 1.75 bits per heavy atom. The molecule has 1 N–H and O–H groups in total. The third-order valence-electron chi connectivity index (χ3n) is 3.26. The lowest BCUT2D eigenvalue weighted by atomic mass is 9.82. The van der Waals surface area contributed by atoms with Gasteiger partial charge in [0, 0.05) is 17.6 Å². The molecule has 0 heterocycles. The van der Waals surface area contributed by atoms with Crippen LogP contribution in [-0.2, 0) is 9.59 Å². The molecule has 1 amide bonds. The largest absolute Gasteiger partial charge is 0.550 e. The fourth-order valence-corrected chi connectivity index (χ4v) is 2.47. The van der Waals surface area contributed by atoms with Gasteiger partial charge in [-0.15, -0.1) is 0 Å². The molecule has 20 heavy (non-hydrogen) atoms. The fourth-order valence-electron chi connectivity index (χ4n) is 2.17. The van der Waals surface area contributed by atoms with Crippen molar-refractivity contribution in [3.05, 3.63) is 40.4 Å². The molecule has 0 radical (unpaired) electrons. The van der Waals surface area contributed by atoms with E-state index in [4.69, 9.17) is 23.2 Å². The second-order valence-corrected chi connectivity index (χ2v) is 5.41. The number of carbonyl (C=O) groups is 2. The van der Waals surface area contributed by atoms with E-state index < -0.39 is 17.8 Å². The van der Waals surface area contributed by atoms with Crippen LogP contribution in [-0.4, -0.2) is 11.9 Å². The maximum absolute atomic E-state index is 12.2. The Hall–Kier alpha value is -1.52. The van der Waals surface area contributed by atoms with Crippen molar-refractivity contribution < 1.29 is 14.7 Å². The summed E-state index contributed by atoms with van der Waals surface area (Å²) in [6, 6.07) is 4.70. The van der Waals surface area contributed by atoms with Crippen LogP contribution in [0.2, 0.25) is 10.0 Å². The first-order chi connectivity index (χ1) is 9.49. The summed E-state index contributed by atoms with van der Waals surface area (Å²) in [5.41, 5.74) is 0.482. The topological polar surface area (TPSA) is 69.2 Å². The Morgan fingerprint density at radius 3 is 2.35 bits per heavy atom. The molecule has 0 aromatic heterocycles. The van der Waals surface area contributed by atoms with Gasteiger partial charge in [-0.1, -0.05) is 35.4 Å². The van der Waals surface area contributed by atoms with Crippen molar-refractivity contribution in [2.45, 2.75) is 12.8 Å². The number of halogens is 2. The van der Waals surface area contributed by atoms with E-state index in [0.717, 1.165) is 0 Å². The molecular weight excluding hydrogens is 301 g/mol. The number of hydrogen-bond donors (Lipinski definition) is 1. The first-order valence-corrected chi connectivity index (χ1v) is 6.86. The summed E-state index contributed by atoms with van der Waals surface area (Å²) in [6.45, 7) is 0. The highest BCUT2D eigenvalue weighted by Crippen LogP contribution is 2.28. The van der Waals surface area contributed by atoms with Crippen molar-refractivity contribution in [1.82, 2.24) is 0 Å². The van der Waals surface area contributed by atoms with E-state index in [1.54, 1.807) is 24.3 Å². The molecule has 4 nitrogen and oxygen atoms in total. The van der Waals surface area contributed by atoms with Crippen molar-refractivity contribution in [2.24, 2.45) is 11.8 Å². The SMILES string of the molecule is O=C([O-])[C@H]1CC=CC[C@H]1C(=O)Nc1ccc(Cl)c(Cl)c1. The molecule has 1 aromatic rings. The minimum absolute atomic E-state index is 0.307. The van der Waals surface area contributed by atoms with Gasteiger partial charge in [-0.3, -0.25) is 4.79 Å². The zero-order valence-corrected chi connectivity index (χ0v) is 11.9. The van der Waals surface area contributed by atoms with Crippen LogP contribution in [0.3, 0.4) is 0 Å². The highest BCUT2D eigenvalue weighted by atomic mass is 35.5. The zero-order chi connectivity index (χ0) is 14.7. The molecule has 0 saturated heterocycles. The van der Waals surface area contributed by atoms with Crippen LogP contribution < -0.4 is 10.4 Å². The molecule has 0 unspecified atom stereocenters. The average Bonchev–Trinajstić information content (AvgIpc) is 2.43. The minimum atomic E-state index is -1.20. The Kier molecular flexibility index (Phi) is 4.68. The molecule has 2 atom stereocenters. The summed E-state index contributed by atoms with van der Waals surface area (Å²) < 4.78 is 0.